The van der Waals surface area contributed by atoms with Crippen molar-refractivity contribution in [2.75, 3.05) is 0 Å². The van der Waals surface area contributed by atoms with Gasteiger partial charge in [0.15, 0.2) is 0 Å². The molecule has 0 saturated heterocycles. The Balaban J connectivity index is 1.99. The number of hydrogen-bond acceptors (Lipinski definition) is 0. The average Bonchev–Trinajstić information content (AvgIpc) is 2.38. The van der Waals surface area contributed by atoms with E-state index in [1.807, 2.05) is 24.3 Å². The van der Waals surface area contributed by atoms with Crippen LogP contribution in [0, 0.1) is 0 Å². The van der Waals surface area contributed by atoms with E-state index in [0.29, 0.717) is 0 Å². The Bertz CT molecular complexity index is 517. The molecular weight excluding hydrogens is 272 g/mol. The van der Waals surface area contributed by atoms with E-state index in [4.69, 9.17) is 0 Å². The minimum Gasteiger partial charge on any atom is -0.124 e. The minimum atomic E-state index is 0.924. The van der Waals surface area contributed by atoms with Gasteiger partial charge in [-0.25, -0.2) is 0 Å². The molecule has 0 amide bonds. The lowest BCUT2D eigenvalue weighted by Crippen LogP contribution is -1.76. The van der Waals surface area contributed by atoms with Crippen molar-refractivity contribution in [3.8, 4) is 0 Å². The smallest absolute Gasteiger partial charge is 0.0175 e. The lowest BCUT2D eigenvalue weighted by molar-refractivity contribution is 1.28. The highest BCUT2D eigenvalue weighted by atomic mass is 79.9. The molecule has 0 aliphatic rings. The van der Waals surface area contributed by atoms with Crippen molar-refractivity contribution in [1.82, 2.24) is 0 Å². The SMILES string of the molecule is Brc1ccc(C=C=CCc2ccccc2)cc1. The maximum atomic E-state index is 3.42. The highest BCUT2D eigenvalue weighted by molar-refractivity contribution is 9.10. The number of benzene rings is 2. The van der Waals surface area contributed by atoms with Crippen LogP contribution in [0.15, 0.2) is 70.9 Å². The van der Waals surface area contributed by atoms with Crippen molar-refractivity contribution >= 4 is 22.0 Å². The Kier molecular flexibility index (Phi) is 4.37. The van der Waals surface area contributed by atoms with E-state index >= 15 is 0 Å². The van der Waals surface area contributed by atoms with Gasteiger partial charge in [0.05, 0.1) is 0 Å². The van der Waals surface area contributed by atoms with Crippen molar-refractivity contribution in [2.24, 2.45) is 0 Å². The van der Waals surface area contributed by atoms with Gasteiger partial charge in [-0.2, -0.15) is 0 Å². The third kappa shape index (κ3) is 4.07. The van der Waals surface area contributed by atoms with Gasteiger partial charge in [0.1, 0.15) is 0 Å². The van der Waals surface area contributed by atoms with Gasteiger partial charge < -0.3 is 0 Å². The predicted molar refractivity (Wildman–Crippen MR) is 76.8 cm³/mol. The summed E-state index contributed by atoms with van der Waals surface area (Å²) in [5.74, 6) is 0. The molecule has 0 saturated carbocycles. The Morgan fingerprint density at radius 1 is 0.941 bits per heavy atom. The lowest BCUT2D eigenvalue weighted by Gasteiger charge is -1.92. The first-order chi connectivity index (χ1) is 8.34. The monoisotopic (exact) mass is 284 g/mol. The summed E-state index contributed by atoms with van der Waals surface area (Å²) in [5, 5.41) is 0. The standard InChI is InChI=1S/C16H13Br/c17-16-12-10-15(11-13-16)9-5-4-8-14-6-2-1-3-7-14/h1-4,6-7,9-13H,8H2. The molecule has 0 atom stereocenters. The van der Waals surface area contributed by atoms with Crippen molar-refractivity contribution in [2.45, 2.75) is 6.42 Å². The summed E-state index contributed by atoms with van der Waals surface area (Å²) in [5.41, 5.74) is 5.68. The summed E-state index contributed by atoms with van der Waals surface area (Å²) in [4.78, 5) is 0. The zero-order valence-electron chi connectivity index (χ0n) is 9.44. The molecule has 0 N–H and O–H groups in total. The van der Waals surface area contributed by atoms with Crippen LogP contribution in [-0.4, -0.2) is 0 Å². The van der Waals surface area contributed by atoms with Crippen molar-refractivity contribution in [3.05, 3.63) is 82.0 Å². The Morgan fingerprint density at radius 2 is 1.65 bits per heavy atom. The summed E-state index contributed by atoms with van der Waals surface area (Å²) < 4.78 is 1.10. The van der Waals surface area contributed by atoms with Crippen LogP contribution in [-0.2, 0) is 6.42 Å². The Hall–Kier alpha value is -1.56. The third-order valence-corrected chi connectivity index (χ3v) is 2.95. The minimum absolute atomic E-state index is 0.924. The Morgan fingerprint density at radius 3 is 2.35 bits per heavy atom. The largest absolute Gasteiger partial charge is 0.124 e. The van der Waals surface area contributed by atoms with Gasteiger partial charge >= 0.3 is 0 Å². The van der Waals surface area contributed by atoms with Crippen LogP contribution >= 0.6 is 15.9 Å². The fraction of sp³-hybridized carbons (Fsp3) is 0.0625. The van der Waals surface area contributed by atoms with Crippen LogP contribution in [0.25, 0.3) is 6.08 Å². The molecule has 0 heterocycles. The normalized spacial score (nSPS) is 9.47. The molecule has 0 spiro atoms. The molecule has 17 heavy (non-hydrogen) atoms. The van der Waals surface area contributed by atoms with Gasteiger partial charge in [-0.1, -0.05) is 58.4 Å². The van der Waals surface area contributed by atoms with E-state index in [1.165, 1.54) is 5.56 Å². The second-order valence-corrected chi connectivity index (χ2v) is 4.67. The predicted octanol–water partition coefficient (Wildman–Crippen LogP) is 4.86. The second kappa shape index (κ2) is 6.24. The van der Waals surface area contributed by atoms with E-state index in [9.17, 15) is 0 Å². The molecule has 2 rings (SSSR count). The van der Waals surface area contributed by atoms with E-state index in [1.54, 1.807) is 0 Å². The summed E-state index contributed by atoms with van der Waals surface area (Å²) >= 11 is 3.42. The maximum absolute atomic E-state index is 3.42. The topological polar surface area (TPSA) is 0 Å². The van der Waals surface area contributed by atoms with Crippen molar-refractivity contribution in [3.63, 3.8) is 0 Å². The first-order valence-electron chi connectivity index (χ1n) is 5.55. The van der Waals surface area contributed by atoms with Crippen LogP contribution in [0.1, 0.15) is 11.1 Å². The summed E-state index contributed by atoms with van der Waals surface area (Å²) in [7, 11) is 0. The molecule has 0 nitrogen and oxygen atoms in total. The first-order valence-corrected chi connectivity index (χ1v) is 6.34. The van der Waals surface area contributed by atoms with E-state index in [0.717, 1.165) is 16.5 Å². The van der Waals surface area contributed by atoms with Crippen LogP contribution in [0.3, 0.4) is 0 Å². The molecule has 1 heteroatoms. The summed E-state index contributed by atoms with van der Waals surface area (Å²) in [6.07, 6.45) is 4.97. The van der Waals surface area contributed by atoms with E-state index in [2.05, 4.69) is 64.1 Å². The van der Waals surface area contributed by atoms with Crippen LogP contribution in [0.2, 0.25) is 0 Å². The first kappa shape index (κ1) is 11.9. The average molecular weight is 285 g/mol. The molecule has 0 fully saturated rings. The summed E-state index contributed by atoms with van der Waals surface area (Å²) in [6, 6.07) is 18.6. The van der Waals surface area contributed by atoms with Crippen molar-refractivity contribution in [1.29, 1.82) is 0 Å². The molecular formula is C16H13Br. The zero-order valence-corrected chi connectivity index (χ0v) is 11.0. The highest BCUT2D eigenvalue weighted by Crippen LogP contribution is 2.11. The molecule has 0 radical (unpaired) electrons. The van der Waals surface area contributed by atoms with Gasteiger partial charge in [-0.3, -0.25) is 0 Å². The highest BCUT2D eigenvalue weighted by Gasteiger charge is 1.86. The van der Waals surface area contributed by atoms with Crippen LogP contribution in [0.5, 0.6) is 0 Å². The molecule has 2 aromatic carbocycles. The molecule has 0 bridgehead atoms. The Labute approximate surface area is 110 Å². The number of allylic oxidation sites excluding steroid dienone is 1. The quantitative estimate of drug-likeness (QED) is 0.706. The van der Waals surface area contributed by atoms with Gasteiger partial charge in [-0.05, 0) is 41.8 Å². The molecule has 0 aliphatic heterocycles. The van der Waals surface area contributed by atoms with Gasteiger partial charge in [0.2, 0.25) is 0 Å². The fourth-order valence-corrected chi connectivity index (χ4v) is 1.77. The number of hydrogen-bond donors (Lipinski definition) is 0. The van der Waals surface area contributed by atoms with Crippen LogP contribution < -0.4 is 0 Å². The second-order valence-electron chi connectivity index (χ2n) is 3.76. The van der Waals surface area contributed by atoms with Crippen molar-refractivity contribution < 1.29 is 0 Å². The van der Waals surface area contributed by atoms with Gasteiger partial charge in [0, 0.05) is 4.47 Å². The van der Waals surface area contributed by atoms with Crippen LogP contribution in [0.4, 0.5) is 0 Å². The van der Waals surface area contributed by atoms with E-state index < -0.39 is 0 Å². The molecule has 84 valence electrons. The summed E-state index contributed by atoms with van der Waals surface area (Å²) in [6.45, 7) is 0. The maximum Gasteiger partial charge on any atom is 0.0175 e. The molecule has 2 aromatic rings. The van der Waals surface area contributed by atoms with Gasteiger partial charge in [-0.15, -0.1) is 5.73 Å². The molecule has 0 aromatic heterocycles. The third-order valence-electron chi connectivity index (χ3n) is 2.42. The lowest BCUT2D eigenvalue weighted by atomic mass is 10.1. The van der Waals surface area contributed by atoms with Gasteiger partial charge in [0.25, 0.3) is 0 Å². The fourth-order valence-electron chi connectivity index (χ4n) is 1.51. The number of halogens is 1. The zero-order chi connectivity index (χ0) is 11.9. The molecule has 0 unspecified atom stereocenters. The number of rotatable bonds is 3. The molecule has 0 aliphatic carbocycles. The van der Waals surface area contributed by atoms with E-state index in [-0.39, 0.29) is 0 Å².